The first-order chi connectivity index (χ1) is 5.04. The van der Waals surface area contributed by atoms with E-state index in [1.165, 1.54) is 6.92 Å². The molecule has 1 fully saturated rings. The van der Waals surface area contributed by atoms with Gasteiger partial charge in [0.15, 0.2) is 0 Å². The van der Waals surface area contributed by atoms with Gasteiger partial charge in [-0.2, -0.15) is 0 Å². The van der Waals surface area contributed by atoms with Gasteiger partial charge in [0.05, 0.1) is 12.1 Å². The van der Waals surface area contributed by atoms with E-state index in [0.717, 1.165) is 0 Å². The van der Waals surface area contributed by atoms with E-state index in [0.29, 0.717) is 0 Å². The Morgan fingerprint density at radius 1 is 1.58 bits per heavy atom. The maximum Gasteiger partial charge on any atom is 0.233 e. The smallest absolute Gasteiger partial charge is 0.233 e. The monoisotopic (exact) mass is 180 g/mol. The van der Waals surface area contributed by atoms with Crippen molar-refractivity contribution >= 4 is 41.2 Å². The Balaban J connectivity index is 0.00000121. The zero-order valence-corrected chi connectivity index (χ0v) is 9.50. The van der Waals surface area contributed by atoms with Crippen LogP contribution in [0.2, 0.25) is 0 Å². The molecule has 2 N–H and O–H groups in total. The number of carbonyl (C=O) groups excluding carboxylic acids is 2. The van der Waals surface area contributed by atoms with Gasteiger partial charge < -0.3 is 10.4 Å². The summed E-state index contributed by atoms with van der Waals surface area (Å²) in [5, 5.41) is 11.8. The molecule has 0 spiro atoms. The maximum atomic E-state index is 10.9. The van der Waals surface area contributed by atoms with Crippen LogP contribution in [0, 0.1) is 5.92 Å². The first kappa shape index (κ1) is 12.1. The molecular weight excluding hydrogens is 169 g/mol. The third-order valence-electron chi connectivity index (χ3n) is 1.94. The van der Waals surface area contributed by atoms with Crippen molar-refractivity contribution in [3.8, 4) is 0 Å². The molecule has 1 radical (unpaired) electrons. The minimum absolute atomic E-state index is 0. The van der Waals surface area contributed by atoms with Crippen LogP contribution >= 0.6 is 0 Å². The van der Waals surface area contributed by atoms with Crippen LogP contribution in [-0.2, 0) is 9.59 Å². The number of Topliss-reactive ketones (excluding diaryl/α,β-unsaturated/α-hetero) is 1. The number of nitrogens with one attached hydrogen (secondary N) is 1. The fourth-order valence-corrected chi connectivity index (χ4v) is 1.27. The molecule has 12 heavy (non-hydrogen) atoms. The van der Waals surface area contributed by atoms with Crippen LogP contribution < -0.4 is 5.32 Å². The van der Waals surface area contributed by atoms with Crippen molar-refractivity contribution in [2.75, 3.05) is 0 Å². The third kappa shape index (κ3) is 2.07. The van der Waals surface area contributed by atoms with Gasteiger partial charge >= 0.3 is 0 Å². The normalized spacial score (nSPS) is 33.9. The van der Waals surface area contributed by atoms with Crippen molar-refractivity contribution in [3.05, 3.63) is 0 Å². The van der Waals surface area contributed by atoms with Crippen molar-refractivity contribution in [1.82, 2.24) is 5.32 Å². The Kier molecular flexibility index (Phi) is 4.40. The van der Waals surface area contributed by atoms with E-state index in [1.807, 2.05) is 0 Å². The number of amides is 1. The van der Waals surface area contributed by atoms with Crippen molar-refractivity contribution in [2.45, 2.75) is 26.0 Å². The molecule has 1 saturated heterocycles. The summed E-state index contributed by atoms with van der Waals surface area (Å²) >= 11 is 0. The van der Waals surface area contributed by atoms with E-state index in [1.54, 1.807) is 6.92 Å². The van der Waals surface area contributed by atoms with Crippen LogP contribution in [0.1, 0.15) is 13.8 Å². The summed E-state index contributed by atoms with van der Waals surface area (Å²) in [7, 11) is 0. The number of rotatable bonds is 1. The predicted molar refractivity (Wildman–Crippen MR) is 43.5 cm³/mol. The van der Waals surface area contributed by atoms with Crippen molar-refractivity contribution in [3.63, 3.8) is 0 Å². The Morgan fingerprint density at radius 3 is 2.25 bits per heavy atom. The van der Waals surface area contributed by atoms with Gasteiger partial charge in [-0.1, -0.05) is 0 Å². The average molecular weight is 180 g/mol. The van der Waals surface area contributed by atoms with Gasteiger partial charge in [-0.05, 0) is 13.8 Å². The van der Waals surface area contributed by atoms with Gasteiger partial charge in [0.2, 0.25) is 5.91 Å². The number of ketones is 1. The molecule has 0 aromatic carbocycles. The Labute approximate surface area is 93.0 Å². The average Bonchev–Trinajstić information content (AvgIpc) is 2.07. The molecule has 1 rings (SSSR count). The molecule has 4 nitrogen and oxygen atoms in total. The van der Waals surface area contributed by atoms with E-state index in [4.69, 9.17) is 0 Å². The Bertz CT molecular complexity index is 207. The van der Waals surface area contributed by atoms with E-state index >= 15 is 0 Å². The van der Waals surface area contributed by atoms with Crippen LogP contribution in [0.5, 0.6) is 0 Å². The van der Waals surface area contributed by atoms with Crippen molar-refractivity contribution in [2.24, 2.45) is 5.92 Å². The quantitative estimate of drug-likeness (QED) is 0.389. The van der Waals surface area contributed by atoms with Gasteiger partial charge in [-0.25, -0.2) is 0 Å². The second kappa shape index (κ2) is 4.37. The Hall–Kier alpha value is 0.1000. The summed E-state index contributed by atoms with van der Waals surface area (Å²) in [6.07, 6.45) is -0.861. The summed E-state index contributed by atoms with van der Waals surface area (Å²) in [5.74, 6) is -1.50. The molecule has 1 aliphatic rings. The molecule has 0 aliphatic carbocycles. The Morgan fingerprint density at radius 2 is 2.08 bits per heavy atom. The number of hydrogen-bond acceptors (Lipinski definition) is 3. The summed E-state index contributed by atoms with van der Waals surface area (Å²) in [6.45, 7) is 2.98. The molecule has 63 valence electrons. The van der Waals surface area contributed by atoms with E-state index < -0.39 is 12.0 Å². The zero-order chi connectivity index (χ0) is 8.59. The standard InChI is InChI=1S/C7H11NO3.Na/c1-3-6(10)5(4(2)9)7(11)8-3;/h3,5-6,10H,1-2H3,(H,8,11);. The first-order valence-electron chi connectivity index (χ1n) is 3.53. The SMILES string of the molecule is CC(=O)C1C(=O)NC(C)C1O.[Na]. The molecule has 0 aromatic rings. The summed E-state index contributed by atoms with van der Waals surface area (Å²) in [6, 6.07) is -0.309. The van der Waals surface area contributed by atoms with Crippen LogP contribution in [0.4, 0.5) is 0 Å². The van der Waals surface area contributed by atoms with E-state index in [9.17, 15) is 14.7 Å². The van der Waals surface area contributed by atoms with Crippen LogP contribution in [0.15, 0.2) is 0 Å². The van der Waals surface area contributed by atoms with Crippen molar-refractivity contribution in [1.29, 1.82) is 0 Å². The molecule has 5 heteroatoms. The predicted octanol–water partition coefficient (Wildman–Crippen LogP) is -1.31. The second-order valence-corrected chi connectivity index (χ2v) is 2.88. The summed E-state index contributed by atoms with van der Waals surface area (Å²) in [4.78, 5) is 21.7. The van der Waals surface area contributed by atoms with Crippen LogP contribution in [-0.4, -0.2) is 58.5 Å². The molecule has 3 unspecified atom stereocenters. The van der Waals surface area contributed by atoms with Crippen LogP contribution in [0.3, 0.4) is 0 Å². The largest absolute Gasteiger partial charge is 0.390 e. The molecule has 1 heterocycles. The number of carbonyl (C=O) groups is 2. The first-order valence-corrected chi connectivity index (χ1v) is 3.53. The minimum atomic E-state index is -0.861. The molecule has 0 aromatic heterocycles. The van der Waals surface area contributed by atoms with Gasteiger partial charge in [0, 0.05) is 29.6 Å². The summed E-state index contributed by atoms with van der Waals surface area (Å²) < 4.78 is 0. The fourth-order valence-electron chi connectivity index (χ4n) is 1.27. The molecule has 1 amide bonds. The topological polar surface area (TPSA) is 66.4 Å². The fraction of sp³-hybridized carbons (Fsp3) is 0.714. The zero-order valence-electron chi connectivity index (χ0n) is 7.50. The van der Waals surface area contributed by atoms with E-state index in [2.05, 4.69) is 5.32 Å². The summed E-state index contributed by atoms with van der Waals surface area (Å²) in [5.41, 5.74) is 0. The third-order valence-corrected chi connectivity index (χ3v) is 1.94. The van der Waals surface area contributed by atoms with E-state index in [-0.39, 0.29) is 47.3 Å². The van der Waals surface area contributed by atoms with Crippen molar-refractivity contribution < 1.29 is 14.7 Å². The van der Waals surface area contributed by atoms with Gasteiger partial charge in [-0.3, -0.25) is 9.59 Å². The number of aliphatic hydroxyl groups excluding tert-OH is 1. The van der Waals surface area contributed by atoms with Gasteiger partial charge in [-0.15, -0.1) is 0 Å². The maximum absolute atomic E-state index is 10.9. The number of aliphatic hydroxyl groups is 1. The molecule has 1 aliphatic heterocycles. The van der Waals surface area contributed by atoms with Crippen LogP contribution in [0.25, 0.3) is 0 Å². The molecular formula is C7H11NNaO3. The molecule has 0 saturated carbocycles. The minimum Gasteiger partial charge on any atom is -0.390 e. The molecule has 0 bridgehead atoms. The number of hydrogen-bond donors (Lipinski definition) is 2. The van der Waals surface area contributed by atoms with Gasteiger partial charge in [0.1, 0.15) is 11.7 Å². The molecule has 3 atom stereocenters. The van der Waals surface area contributed by atoms with Gasteiger partial charge in [0.25, 0.3) is 0 Å². The second-order valence-electron chi connectivity index (χ2n) is 2.88.